The Morgan fingerprint density at radius 3 is 0.648 bits per heavy atom. The van der Waals surface area contributed by atoms with Crippen LogP contribution in [0.3, 0.4) is 0 Å². The predicted octanol–water partition coefficient (Wildman–Crippen LogP) is 17.9. The summed E-state index contributed by atoms with van der Waals surface area (Å²) in [5.74, 6) is -16.7. The van der Waals surface area contributed by atoms with Crippen LogP contribution in [0.5, 0.6) is 0 Å². The molecule has 91 heavy (non-hydrogen) atoms. The van der Waals surface area contributed by atoms with Gasteiger partial charge in [-0.25, -0.2) is 8.78 Å². The zero-order valence-electron chi connectivity index (χ0n) is 49.7. The quantitative estimate of drug-likeness (QED) is 0.0423. The van der Waals surface area contributed by atoms with Gasteiger partial charge in [0, 0.05) is 33.8 Å². The first-order chi connectivity index (χ1) is 43.2. The molecule has 0 heterocycles. The molecule has 0 spiro atoms. The van der Waals surface area contributed by atoms with E-state index in [9.17, 15) is 52.7 Å². The first-order valence-electron chi connectivity index (χ1n) is 27.9. The highest BCUT2D eigenvalue weighted by molar-refractivity contribution is 7.97. The number of aliphatic hydroxyl groups is 4. The van der Waals surface area contributed by atoms with E-state index in [1.165, 1.54) is 44.1 Å². The van der Waals surface area contributed by atoms with E-state index in [4.69, 9.17) is 20.4 Å². The fraction of sp³-hybridized carbons (Fsp3) is 0.229. The number of alkyl halides is 12. The number of ether oxygens (including phenoxy) is 2. The average Bonchev–Trinajstić information content (AvgIpc) is 1.52. The number of aliphatic hydroxyl groups excluding tert-OH is 4. The summed E-state index contributed by atoms with van der Waals surface area (Å²) in [6.45, 7) is -4.16. The molecule has 4 N–H and O–H groups in total. The molecule has 1 atom stereocenters. The van der Waals surface area contributed by atoms with E-state index in [1.807, 2.05) is 0 Å². The van der Waals surface area contributed by atoms with Crippen LogP contribution >= 0.6 is 0 Å². The minimum absolute atomic E-state index is 0.00166. The van der Waals surface area contributed by atoms with Crippen molar-refractivity contribution >= 4 is 32.7 Å². The Hall–Kier alpha value is -7.05. The van der Waals surface area contributed by atoms with Gasteiger partial charge >= 0.3 is 35.9 Å². The van der Waals surface area contributed by atoms with Crippen LogP contribution in [-0.2, 0) is 42.2 Å². The third-order valence-electron chi connectivity index (χ3n) is 11.9. The molecule has 0 aromatic heterocycles. The third-order valence-corrected chi connectivity index (χ3v) is 18.6. The SMILES string of the molecule is CC(F)(F)C(F)(F)CCO.CC(F)(F)C(F)(F)OCC(O)CO.CC(F)(F)C(F)(F)OCCO.c1ccc([S+](c2ccccc2)c2ccccc2)cc1.c1ccc([S+](c2ccccc2)c2ccccc2)cc1.c1ccc([S+](c2ccccc2)c2ccccc2)cc1. The minimum atomic E-state index is -4.64. The molecule has 6 nitrogen and oxygen atoms in total. The highest BCUT2D eigenvalue weighted by atomic mass is 32.2. The Bertz CT molecular complexity index is 2750. The Kier molecular flexibility index (Phi) is 32.0. The van der Waals surface area contributed by atoms with Crippen LogP contribution in [-0.4, -0.2) is 95.5 Å². The van der Waals surface area contributed by atoms with E-state index in [0.717, 1.165) is 0 Å². The third kappa shape index (κ3) is 25.9. The molecule has 0 aliphatic heterocycles. The lowest BCUT2D eigenvalue weighted by Gasteiger charge is -2.23. The first-order valence-corrected chi connectivity index (χ1v) is 31.6. The molecule has 1 unspecified atom stereocenters. The van der Waals surface area contributed by atoms with E-state index in [1.54, 1.807) is 0 Å². The summed E-state index contributed by atoms with van der Waals surface area (Å²) in [7, 11) is -0.0439. The van der Waals surface area contributed by atoms with Gasteiger partial charge in [-0.2, -0.15) is 43.9 Å². The fourth-order valence-corrected chi connectivity index (χ4v) is 13.6. The second kappa shape index (κ2) is 38.1. The minimum Gasteiger partial charge on any atom is -0.396 e. The monoisotopic (exact) mass is 1330 g/mol. The molecule has 0 fully saturated rings. The van der Waals surface area contributed by atoms with Gasteiger partial charge in [0.2, 0.25) is 0 Å². The summed E-state index contributed by atoms with van der Waals surface area (Å²) < 4.78 is 151. The predicted molar refractivity (Wildman–Crippen MR) is 335 cm³/mol. The number of halogens is 12. The van der Waals surface area contributed by atoms with Gasteiger partial charge in [0.25, 0.3) is 0 Å². The lowest BCUT2D eigenvalue weighted by Crippen LogP contribution is -2.42. The Morgan fingerprint density at radius 1 is 0.308 bits per heavy atom. The fourth-order valence-electron chi connectivity index (χ4n) is 7.27. The van der Waals surface area contributed by atoms with Gasteiger partial charge in [-0.1, -0.05) is 164 Å². The van der Waals surface area contributed by atoms with Crippen molar-refractivity contribution in [1.82, 2.24) is 0 Å². The molecule has 0 aliphatic rings. The van der Waals surface area contributed by atoms with Crippen molar-refractivity contribution in [2.75, 3.05) is 33.0 Å². The molecule has 0 radical (unpaired) electrons. The second-order valence-corrected chi connectivity index (χ2v) is 25.4. The van der Waals surface area contributed by atoms with E-state index in [0.29, 0.717) is 0 Å². The summed E-state index contributed by atoms with van der Waals surface area (Å²) in [5, 5.41) is 32.6. The lowest BCUT2D eigenvalue weighted by atomic mass is 10.1. The maximum Gasteiger partial charge on any atom is 0.419 e. The summed E-state index contributed by atoms with van der Waals surface area (Å²) in [5.41, 5.74) is 0. The molecule has 0 bridgehead atoms. The van der Waals surface area contributed by atoms with Crippen LogP contribution in [0.2, 0.25) is 0 Å². The number of hydrogen-bond acceptors (Lipinski definition) is 6. The van der Waals surface area contributed by atoms with E-state index >= 15 is 0 Å². The maximum atomic E-state index is 12.3. The number of benzene rings is 9. The Labute approximate surface area is 531 Å². The molecule has 21 heteroatoms. The van der Waals surface area contributed by atoms with Crippen molar-refractivity contribution in [2.45, 2.75) is 113 Å². The van der Waals surface area contributed by atoms with Crippen LogP contribution < -0.4 is 0 Å². The van der Waals surface area contributed by atoms with Crippen molar-refractivity contribution in [2.24, 2.45) is 0 Å². The van der Waals surface area contributed by atoms with Crippen LogP contribution in [0.15, 0.2) is 317 Å². The van der Waals surface area contributed by atoms with Gasteiger partial charge in [0.05, 0.1) is 59.1 Å². The Morgan fingerprint density at radius 2 is 0.505 bits per heavy atom. The molecule has 0 aliphatic carbocycles. The van der Waals surface area contributed by atoms with Gasteiger partial charge in [-0.3, -0.25) is 0 Å². The highest BCUT2D eigenvalue weighted by Gasteiger charge is 2.55. The maximum absolute atomic E-state index is 12.3. The van der Waals surface area contributed by atoms with Crippen molar-refractivity contribution in [3.63, 3.8) is 0 Å². The Balaban J connectivity index is 0.000000238. The molecule has 0 saturated carbocycles. The molecule has 9 rings (SSSR count). The molecule has 486 valence electrons. The molecular weight excluding hydrogens is 1260 g/mol. The van der Waals surface area contributed by atoms with Crippen molar-refractivity contribution < 1.29 is 82.6 Å². The van der Waals surface area contributed by atoms with E-state index in [2.05, 4.69) is 282 Å². The standard InChI is InChI=1S/3C18H15S.C6H10F4O3.C5H8F4O2.C5H8F4O/c3*1-4-10-16(11-5-1)19(17-12-6-2-7-13-17)18-14-8-3-9-15-18;1-5(7,8)6(9,10)13-3-4(12)2-11;1-4(6,7)5(8,9)11-3-2-10;1-4(6,7)5(8,9)2-3-10/h3*1-15H;4,11-12H,2-3H2,1H3;10H,2-3H2,1H3;10H,2-3H2,1H3/q3*+1;;;. The summed E-state index contributed by atoms with van der Waals surface area (Å²) in [6, 6.07) is 96.5. The van der Waals surface area contributed by atoms with Gasteiger partial charge in [0.1, 0.15) is 6.10 Å². The zero-order chi connectivity index (χ0) is 67.0. The van der Waals surface area contributed by atoms with Crippen LogP contribution in [0.1, 0.15) is 27.2 Å². The van der Waals surface area contributed by atoms with Crippen LogP contribution in [0.25, 0.3) is 0 Å². The molecule has 9 aromatic rings. The van der Waals surface area contributed by atoms with Crippen molar-refractivity contribution in [1.29, 1.82) is 0 Å². The highest BCUT2D eigenvalue weighted by Crippen LogP contribution is 2.38. The lowest BCUT2D eigenvalue weighted by molar-refractivity contribution is -0.346. The van der Waals surface area contributed by atoms with Gasteiger partial charge in [0.15, 0.2) is 44.1 Å². The van der Waals surface area contributed by atoms with Gasteiger partial charge in [-0.15, -0.1) is 0 Å². The van der Waals surface area contributed by atoms with Crippen molar-refractivity contribution in [3.8, 4) is 0 Å². The summed E-state index contributed by atoms with van der Waals surface area (Å²) in [4.78, 5) is 12.2. The number of hydrogen-bond donors (Lipinski definition) is 4. The van der Waals surface area contributed by atoms with E-state index < -0.39 is 81.5 Å². The number of rotatable bonds is 21. The normalized spacial score (nSPS) is 12.1. The smallest absolute Gasteiger partial charge is 0.396 e. The molecular formula is C70H71F12O6S3+3. The molecule has 9 aromatic carbocycles. The van der Waals surface area contributed by atoms with Crippen molar-refractivity contribution in [3.05, 3.63) is 273 Å². The van der Waals surface area contributed by atoms with Crippen LogP contribution in [0, 0.1) is 0 Å². The largest absolute Gasteiger partial charge is 0.419 e. The summed E-state index contributed by atoms with van der Waals surface area (Å²) >= 11 is 0. The topological polar surface area (TPSA) is 99.4 Å². The van der Waals surface area contributed by atoms with Gasteiger partial charge in [-0.05, 0) is 109 Å². The second-order valence-electron chi connectivity index (χ2n) is 19.3. The van der Waals surface area contributed by atoms with Crippen LogP contribution in [0.4, 0.5) is 52.7 Å². The van der Waals surface area contributed by atoms with Gasteiger partial charge < -0.3 is 29.9 Å². The van der Waals surface area contributed by atoms with E-state index in [-0.39, 0.29) is 53.5 Å². The zero-order valence-corrected chi connectivity index (χ0v) is 52.1. The first kappa shape index (κ1) is 76.4. The molecule has 0 amide bonds. The average molecular weight is 1330 g/mol. The summed E-state index contributed by atoms with van der Waals surface area (Å²) in [6.07, 6.45) is -11.9. The molecule has 0 saturated heterocycles.